The quantitative estimate of drug-likeness (QED) is 0.192. The molecule has 0 saturated heterocycles. The molecule has 0 spiro atoms. The second kappa shape index (κ2) is 11.4. The van der Waals surface area contributed by atoms with Gasteiger partial charge in [-0.05, 0) is 81.1 Å². The maximum atomic E-state index is 6.43. The molecule has 0 fully saturated rings. The average Bonchev–Trinajstić information content (AvgIpc) is 3.49. The summed E-state index contributed by atoms with van der Waals surface area (Å²) in [6, 6.07) is 55.3. The van der Waals surface area contributed by atoms with E-state index >= 15 is 0 Å². The lowest BCUT2D eigenvalue weighted by molar-refractivity contribution is 0.672. The third-order valence-electron chi connectivity index (χ3n) is 8.78. The van der Waals surface area contributed by atoms with E-state index in [0.717, 1.165) is 77.1 Å². The molecule has 0 aliphatic carbocycles. The molecular formula is C44H31NO. The van der Waals surface area contributed by atoms with Gasteiger partial charge in [-0.25, -0.2) is 0 Å². The predicted molar refractivity (Wildman–Crippen MR) is 195 cm³/mol. The lowest BCUT2D eigenvalue weighted by atomic mass is 9.98. The molecule has 0 radical (unpaired) electrons. The van der Waals surface area contributed by atoms with E-state index in [4.69, 9.17) is 4.42 Å². The van der Waals surface area contributed by atoms with Crippen LogP contribution in [0.5, 0.6) is 0 Å². The van der Waals surface area contributed by atoms with E-state index in [1.54, 1.807) is 0 Å². The molecule has 0 N–H and O–H groups in total. The fourth-order valence-electron chi connectivity index (χ4n) is 6.55. The van der Waals surface area contributed by atoms with Gasteiger partial charge in [-0.3, -0.25) is 0 Å². The fraction of sp³-hybridized carbons (Fsp3) is 0. The van der Waals surface area contributed by atoms with Crippen molar-refractivity contribution in [1.29, 1.82) is 0 Å². The van der Waals surface area contributed by atoms with Crippen molar-refractivity contribution in [2.45, 2.75) is 0 Å². The molecule has 1 heterocycles. The van der Waals surface area contributed by atoms with Crippen molar-refractivity contribution in [1.82, 2.24) is 0 Å². The summed E-state index contributed by atoms with van der Waals surface area (Å²) < 4.78 is 6.43. The largest absolute Gasteiger partial charge is 0.455 e. The van der Waals surface area contributed by atoms with Crippen LogP contribution in [0.4, 0.5) is 17.1 Å². The van der Waals surface area contributed by atoms with Gasteiger partial charge in [-0.2, -0.15) is 0 Å². The average molecular weight is 590 g/mol. The Balaban J connectivity index is 1.28. The van der Waals surface area contributed by atoms with Crippen molar-refractivity contribution >= 4 is 61.9 Å². The SMILES string of the molecule is C=C/C(c1ccc(N(c2ccccc2)c2ccccc2-c2ccc3oc4c5ccccc5ccc4c3c2)cc1)=c1/ccccc1=C. The monoisotopic (exact) mass is 589 g/mol. The molecule has 8 aromatic rings. The van der Waals surface area contributed by atoms with Crippen LogP contribution in [0, 0.1) is 0 Å². The zero-order valence-electron chi connectivity index (χ0n) is 25.4. The van der Waals surface area contributed by atoms with Crippen molar-refractivity contribution in [3.8, 4) is 11.1 Å². The minimum atomic E-state index is 0.890. The van der Waals surface area contributed by atoms with Crippen molar-refractivity contribution < 1.29 is 4.42 Å². The summed E-state index contributed by atoms with van der Waals surface area (Å²) in [5.41, 5.74) is 9.49. The van der Waals surface area contributed by atoms with E-state index in [2.05, 4.69) is 158 Å². The Morgan fingerprint density at radius 1 is 0.587 bits per heavy atom. The van der Waals surface area contributed by atoms with Crippen LogP contribution in [-0.2, 0) is 0 Å². The molecule has 7 aromatic carbocycles. The summed E-state index contributed by atoms with van der Waals surface area (Å²) in [6.07, 6.45) is 1.92. The zero-order valence-corrected chi connectivity index (χ0v) is 25.4. The third kappa shape index (κ3) is 4.68. The highest BCUT2D eigenvalue weighted by Crippen LogP contribution is 2.42. The Morgan fingerprint density at radius 3 is 2.13 bits per heavy atom. The third-order valence-corrected chi connectivity index (χ3v) is 8.78. The van der Waals surface area contributed by atoms with Gasteiger partial charge < -0.3 is 9.32 Å². The molecule has 2 nitrogen and oxygen atoms in total. The Bertz CT molecular complexity index is 2510. The fourth-order valence-corrected chi connectivity index (χ4v) is 6.55. The summed E-state index contributed by atoms with van der Waals surface area (Å²) in [5.74, 6) is 0. The molecule has 0 aliphatic rings. The molecule has 0 aliphatic heterocycles. The Morgan fingerprint density at radius 2 is 1.30 bits per heavy atom. The van der Waals surface area contributed by atoms with E-state index in [0.29, 0.717) is 0 Å². The molecule has 0 amide bonds. The van der Waals surface area contributed by atoms with Gasteiger partial charge in [0, 0.05) is 33.1 Å². The standard InChI is InChI=1S/C44H31NO/c1-3-36(37-17-9-7-13-30(37)2)32-21-25-35(26-22-32)45(34-15-5-4-6-16-34)42-20-12-11-18-38(42)33-24-28-43-41(29-33)40-27-23-31-14-8-10-19-39(31)44(40)46-43/h3-29H,1-2H2/b37-36+. The van der Waals surface area contributed by atoms with E-state index in [9.17, 15) is 0 Å². The van der Waals surface area contributed by atoms with Crippen molar-refractivity contribution in [3.63, 3.8) is 0 Å². The highest BCUT2D eigenvalue weighted by molar-refractivity contribution is 6.15. The van der Waals surface area contributed by atoms with Crippen molar-refractivity contribution in [2.75, 3.05) is 4.90 Å². The lowest BCUT2D eigenvalue weighted by Crippen LogP contribution is -2.24. The topological polar surface area (TPSA) is 16.4 Å². The van der Waals surface area contributed by atoms with Crippen LogP contribution in [-0.4, -0.2) is 0 Å². The van der Waals surface area contributed by atoms with Gasteiger partial charge in [-0.1, -0.05) is 128 Å². The molecule has 2 heteroatoms. The van der Waals surface area contributed by atoms with Crippen LogP contribution in [0.1, 0.15) is 5.56 Å². The van der Waals surface area contributed by atoms with Crippen LogP contribution in [0.2, 0.25) is 0 Å². The number of allylic oxidation sites excluding steroid dienone is 1. The molecule has 0 atom stereocenters. The van der Waals surface area contributed by atoms with E-state index in [1.165, 1.54) is 5.39 Å². The van der Waals surface area contributed by atoms with Gasteiger partial charge >= 0.3 is 0 Å². The van der Waals surface area contributed by atoms with Gasteiger partial charge in [0.05, 0.1) is 5.69 Å². The molecular weight excluding hydrogens is 558 g/mol. The molecule has 0 unspecified atom stereocenters. The minimum Gasteiger partial charge on any atom is -0.455 e. The number of furan rings is 1. The van der Waals surface area contributed by atoms with Gasteiger partial charge in [0.25, 0.3) is 0 Å². The summed E-state index contributed by atoms with van der Waals surface area (Å²) in [5, 5.41) is 6.62. The normalized spacial score (nSPS) is 12.0. The number of anilines is 3. The maximum absolute atomic E-state index is 6.43. The van der Waals surface area contributed by atoms with Crippen LogP contribution in [0.3, 0.4) is 0 Å². The molecule has 218 valence electrons. The lowest BCUT2D eigenvalue weighted by Gasteiger charge is -2.28. The molecule has 0 bridgehead atoms. The van der Waals surface area contributed by atoms with Crippen molar-refractivity contribution in [2.24, 2.45) is 0 Å². The van der Waals surface area contributed by atoms with Gasteiger partial charge in [-0.15, -0.1) is 0 Å². The molecule has 0 saturated carbocycles. The Kier molecular flexibility index (Phi) is 6.81. The highest BCUT2D eigenvalue weighted by atomic mass is 16.3. The first-order chi connectivity index (χ1) is 22.7. The van der Waals surface area contributed by atoms with E-state index in [1.807, 2.05) is 24.3 Å². The zero-order chi connectivity index (χ0) is 31.0. The maximum Gasteiger partial charge on any atom is 0.143 e. The Hall–Kier alpha value is -6.12. The number of nitrogens with zero attached hydrogens (tertiary/aromatic N) is 1. The number of rotatable bonds is 6. The first-order valence-corrected chi connectivity index (χ1v) is 15.5. The predicted octanol–water partition coefficient (Wildman–Crippen LogP) is 10.7. The summed E-state index contributed by atoms with van der Waals surface area (Å²) in [7, 11) is 0. The first-order valence-electron chi connectivity index (χ1n) is 15.5. The van der Waals surface area contributed by atoms with Crippen LogP contribution >= 0.6 is 0 Å². The summed E-state index contributed by atoms with van der Waals surface area (Å²) >= 11 is 0. The van der Waals surface area contributed by atoms with Crippen molar-refractivity contribution in [3.05, 3.63) is 186 Å². The van der Waals surface area contributed by atoms with E-state index < -0.39 is 0 Å². The minimum absolute atomic E-state index is 0.890. The van der Waals surface area contributed by atoms with E-state index in [-0.39, 0.29) is 0 Å². The number of hydrogen-bond donors (Lipinski definition) is 0. The smallest absolute Gasteiger partial charge is 0.143 e. The van der Waals surface area contributed by atoms with Crippen LogP contribution < -0.4 is 15.3 Å². The van der Waals surface area contributed by atoms with Crippen LogP contribution in [0.15, 0.2) is 175 Å². The number of hydrogen-bond acceptors (Lipinski definition) is 2. The molecule has 1 aromatic heterocycles. The van der Waals surface area contributed by atoms with Crippen LogP contribution in [0.25, 0.3) is 56.0 Å². The molecule has 8 rings (SSSR count). The first kappa shape index (κ1) is 27.4. The Labute approximate surface area is 268 Å². The second-order valence-electron chi connectivity index (χ2n) is 11.5. The summed E-state index contributed by atoms with van der Waals surface area (Å²) in [6.45, 7) is 8.36. The number of para-hydroxylation sites is 2. The second-order valence-corrected chi connectivity index (χ2v) is 11.5. The highest BCUT2D eigenvalue weighted by Gasteiger charge is 2.18. The summed E-state index contributed by atoms with van der Waals surface area (Å²) in [4.78, 5) is 2.33. The number of fused-ring (bicyclic) bond motifs is 5. The molecule has 46 heavy (non-hydrogen) atoms. The van der Waals surface area contributed by atoms with Gasteiger partial charge in [0.15, 0.2) is 0 Å². The van der Waals surface area contributed by atoms with Gasteiger partial charge in [0.1, 0.15) is 11.2 Å². The number of benzene rings is 7. The van der Waals surface area contributed by atoms with Gasteiger partial charge in [0.2, 0.25) is 0 Å².